The number of halogens is 2. The van der Waals surface area contributed by atoms with Crippen LogP contribution < -0.4 is 10.5 Å². The first kappa shape index (κ1) is 13.0. The summed E-state index contributed by atoms with van der Waals surface area (Å²) in [5.74, 6) is -0.246. The summed E-state index contributed by atoms with van der Waals surface area (Å²) in [7, 11) is 0. The van der Waals surface area contributed by atoms with Gasteiger partial charge in [0, 0.05) is 29.0 Å². The molecule has 0 amide bonds. The Kier molecular flexibility index (Phi) is 4.28. The molecule has 1 aromatic carbocycles. The lowest BCUT2D eigenvalue weighted by Crippen LogP contribution is -2.19. The number of ether oxygens (including phenoxy) is 1. The molecule has 0 aliphatic rings. The highest BCUT2D eigenvalue weighted by Gasteiger charge is 2.14. The van der Waals surface area contributed by atoms with Crippen molar-refractivity contribution in [3.05, 3.63) is 58.6 Å². The molecule has 0 radical (unpaired) electrons. The maximum absolute atomic E-state index is 13.6. The van der Waals surface area contributed by atoms with Crippen LogP contribution in [0, 0.1) is 5.82 Å². The second kappa shape index (κ2) is 5.93. The molecule has 0 saturated heterocycles. The molecule has 0 aliphatic heterocycles. The molecule has 1 unspecified atom stereocenters. The van der Waals surface area contributed by atoms with Crippen molar-refractivity contribution in [3.63, 3.8) is 0 Å². The van der Waals surface area contributed by atoms with Crippen LogP contribution in [0.4, 0.5) is 4.39 Å². The number of nitrogens with zero attached hydrogens (tertiary/aromatic N) is 1. The molecule has 2 rings (SSSR count). The minimum atomic E-state index is -0.416. The molecule has 1 aromatic heterocycles. The summed E-state index contributed by atoms with van der Waals surface area (Å²) in [6.07, 6.45) is 2.91. The Morgan fingerprint density at radius 3 is 2.89 bits per heavy atom. The number of nitrogens with two attached hydrogens (primary N) is 1. The first-order valence-corrected chi connectivity index (χ1v) is 6.21. The number of pyridine rings is 1. The third-order valence-electron chi connectivity index (χ3n) is 2.43. The van der Waals surface area contributed by atoms with E-state index in [2.05, 4.69) is 20.9 Å². The maximum Gasteiger partial charge on any atom is 0.165 e. The Labute approximate surface area is 113 Å². The van der Waals surface area contributed by atoms with Gasteiger partial charge in [0.2, 0.25) is 0 Å². The van der Waals surface area contributed by atoms with Crippen LogP contribution in [0.3, 0.4) is 0 Å². The van der Waals surface area contributed by atoms with Crippen molar-refractivity contribution in [2.24, 2.45) is 5.73 Å². The van der Waals surface area contributed by atoms with Crippen LogP contribution in [0.15, 0.2) is 47.2 Å². The Balaban J connectivity index is 2.23. The van der Waals surface area contributed by atoms with Gasteiger partial charge in [-0.15, -0.1) is 0 Å². The van der Waals surface area contributed by atoms with Crippen molar-refractivity contribution in [1.29, 1.82) is 0 Å². The average molecular weight is 311 g/mol. The highest BCUT2D eigenvalue weighted by molar-refractivity contribution is 9.10. The Hall–Kier alpha value is -1.46. The van der Waals surface area contributed by atoms with Crippen LogP contribution in [0.2, 0.25) is 0 Å². The lowest BCUT2D eigenvalue weighted by molar-refractivity contribution is 0.204. The highest BCUT2D eigenvalue weighted by atomic mass is 79.9. The van der Waals surface area contributed by atoms with Crippen LogP contribution in [-0.4, -0.2) is 11.5 Å². The molecule has 94 valence electrons. The van der Waals surface area contributed by atoms with Crippen molar-refractivity contribution >= 4 is 15.9 Å². The molecule has 18 heavy (non-hydrogen) atoms. The van der Waals surface area contributed by atoms with Crippen LogP contribution in [-0.2, 0) is 0 Å². The highest BCUT2D eigenvalue weighted by Crippen LogP contribution is 2.26. The fourth-order valence-corrected chi connectivity index (χ4v) is 1.88. The standard InChI is InChI=1S/C13H12BrFN2O/c14-10-3-4-11(15)12(6-10)18-13(7-16)9-2-1-5-17-8-9/h1-6,8,13H,7,16H2. The third-order valence-corrected chi connectivity index (χ3v) is 2.93. The number of hydrogen-bond acceptors (Lipinski definition) is 3. The van der Waals surface area contributed by atoms with Crippen molar-refractivity contribution in [3.8, 4) is 5.75 Å². The first-order valence-electron chi connectivity index (χ1n) is 5.42. The summed E-state index contributed by atoms with van der Waals surface area (Å²) in [5.41, 5.74) is 6.47. The van der Waals surface area contributed by atoms with Crippen LogP contribution >= 0.6 is 15.9 Å². The summed E-state index contributed by atoms with van der Waals surface area (Å²) in [6, 6.07) is 8.17. The van der Waals surface area contributed by atoms with Crippen molar-refractivity contribution in [1.82, 2.24) is 4.98 Å². The summed E-state index contributed by atoms with van der Waals surface area (Å²) in [6.45, 7) is 0.248. The Bertz CT molecular complexity index is 522. The van der Waals surface area contributed by atoms with E-state index in [0.717, 1.165) is 10.0 Å². The Morgan fingerprint density at radius 1 is 1.39 bits per heavy atom. The summed E-state index contributed by atoms with van der Waals surface area (Å²) < 4.78 is 19.9. The smallest absolute Gasteiger partial charge is 0.165 e. The van der Waals surface area contributed by atoms with Gasteiger partial charge >= 0.3 is 0 Å². The number of benzene rings is 1. The third kappa shape index (κ3) is 3.05. The SMILES string of the molecule is NCC(Oc1cc(Br)ccc1F)c1cccnc1. The lowest BCUT2D eigenvalue weighted by atomic mass is 10.1. The average Bonchev–Trinajstić information content (AvgIpc) is 2.41. The molecule has 0 spiro atoms. The molecular weight excluding hydrogens is 299 g/mol. The molecule has 2 aromatic rings. The minimum Gasteiger partial charge on any atom is -0.481 e. The van der Waals surface area contributed by atoms with Gasteiger partial charge in [0.05, 0.1) is 0 Å². The first-order chi connectivity index (χ1) is 8.70. The van der Waals surface area contributed by atoms with E-state index in [4.69, 9.17) is 10.5 Å². The van der Waals surface area contributed by atoms with E-state index in [1.165, 1.54) is 6.07 Å². The van der Waals surface area contributed by atoms with Gasteiger partial charge in [0.15, 0.2) is 11.6 Å². The van der Waals surface area contributed by atoms with E-state index in [0.29, 0.717) is 0 Å². The van der Waals surface area contributed by atoms with E-state index in [1.54, 1.807) is 30.6 Å². The van der Waals surface area contributed by atoms with Gasteiger partial charge in [0.25, 0.3) is 0 Å². The predicted molar refractivity (Wildman–Crippen MR) is 70.8 cm³/mol. The zero-order valence-corrected chi connectivity index (χ0v) is 11.1. The maximum atomic E-state index is 13.6. The van der Waals surface area contributed by atoms with Crippen molar-refractivity contribution in [2.45, 2.75) is 6.10 Å². The van der Waals surface area contributed by atoms with Gasteiger partial charge in [-0.2, -0.15) is 0 Å². The fraction of sp³-hybridized carbons (Fsp3) is 0.154. The molecule has 1 atom stereocenters. The number of rotatable bonds is 4. The molecule has 5 heteroatoms. The molecular formula is C13H12BrFN2O. The topological polar surface area (TPSA) is 48.1 Å². The van der Waals surface area contributed by atoms with Crippen molar-refractivity contribution in [2.75, 3.05) is 6.54 Å². The quantitative estimate of drug-likeness (QED) is 0.944. The molecule has 0 aliphatic carbocycles. The molecule has 0 bridgehead atoms. The molecule has 0 fully saturated rings. The predicted octanol–water partition coefficient (Wildman–Crippen LogP) is 3.06. The Morgan fingerprint density at radius 2 is 2.22 bits per heavy atom. The van der Waals surface area contributed by atoms with Crippen LogP contribution in [0.5, 0.6) is 5.75 Å². The van der Waals surface area contributed by atoms with Gasteiger partial charge < -0.3 is 10.5 Å². The lowest BCUT2D eigenvalue weighted by Gasteiger charge is -2.18. The van der Waals surface area contributed by atoms with E-state index in [1.807, 2.05) is 6.07 Å². The largest absolute Gasteiger partial charge is 0.481 e. The second-order valence-corrected chi connectivity index (χ2v) is 4.62. The zero-order valence-electron chi connectivity index (χ0n) is 9.51. The van der Waals surface area contributed by atoms with Gasteiger partial charge in [-0.3, -0.25) is 4.98 Å². The van der Waals surface area contributed by atoms with E-state index < -0.39 is 11.9 Å². The minimum absolute atomic E-state index is 0.170. The van der Waals surface area contributed by atoms with Gasteiger partial charge in [-0.05, 0) is 24.3 Å². The van der Waals surface area contributed by atoms with Gasteiger partial charge in [0.1, 0.15) is 6.10 Å². The summed E-state index contributed by atoms with van der Waals surface area (Å²) in [5, 5.41) is 0. The van der Waals surface area contributed by atoms with Gasteiger partial charge in [-0.1, -0.05) is 22.0 Å². The summed E-state index contributed by atoms with van der Waals surface area (Å²) >= 11 is 3.27. The van der Waals surface area contributed by atoms with E-state index >= 15 is 0 Å². The molecule has 1 heterocycles. The molecule has 3 nitrogen and oxygen atoms in total. The van der Waals surface area contributed by atoms with Gasteiger partial charge in [-0.25, -0.2) is 4.39 Å². The van der Waals surface area contributed by atoms with Crippen LogP contribution in [0.25, 0.3) is 0 Å². The second-order valence-electron chi connectivity index (χ2n) is 3.70. The number of aromatic nitrogens is 1. The number of hydrogen-bond donors (Lipinski definition) is 1. The zero-order chi connectivity index (χ0) is 13.0. The fourth-order valence-electron chi connectivity index (χ4n) is 1.54. The molecule has 0 saturated carbocycles. The monoisotopic (exact) mass is 310 g/mol. The normalized spacial score (nSPS) is 12.2. The molecule has 2 N–H and O–H groups in total. The van der Waals surface area contributed by atoms with E-state index in [9.17, 15) is 4.39 Å². The van der Waals surface area contributed by atoms with Crippen LogP contribution in [0.1, 0.15) is 11.7 Å². The van der Waals surface area contributed by atoms with E-state index in [-0.39, 0.29) is 12.3 Å². The summed E-state index contributed by atoms with van der Waals surface area (Å²) in [4.78, 5) is 4.00. The van der Waals surface area contributed by atoms with Crippen molar-refractivity contribution < 1.29 is 9.13 Å².